The average Bonchev–Trinajstić information content (AvgIpc) is 2.03. The number of aliphatic hydroxyl groups excluding tert-OH is 1. The van der Waals surface area contributed by atoms with Crippen LogP contribution in [-0.4, -0.2) is 50.9 Å². The van der Waals surface area contributed by atoms with E-state index in [4.69, 9.17) is 24.5 Å². The van der Waals surface area contributed by atoms with E-state index in [1.807, 2.05) is 0 Å². The van der Waals surface area contributed by atoms with Crippen LogP contribution in [0.15, 0.2) is 0 Å². The maximum Gasteiger partial charge on any atom is 0.414 e. The number of hydrogen-bond acceptors (Lipinski definition) is 6. The highest BCUT2D eigenvalue weighted by atomic mass is 32.2. The van der Waals surface area contributed by atoms with Gasteiger partial charge in [-0.2, -0.15) is 14.7 Å². The van der Waals surface area contributed by atoms with E-state index in [1.165, 1.54) is 18.9 Å². The highest BCUT2D eigenvalue weighted by molar-refractivity contribution is 8.05. The Morgan fingerprint density at radius 1 is 1.38 bits per heavy atom. The lowest BCUT2D eigenvalue weighted by molar-refractivity contribution is 0.0475. The Kier molecular flexibility index (Phi) is 7.26. The van der Waals surface area contributed by atoms with Crippen molar-refractivity contribution in [3.8, 4) is 0 Å². The van der Waals surface area contributed by atoms with E-state index in [1.54, 1.807) is 0 Å². The third-order valence-corrected chi connectivity index (χ3v) is 4.03. The van der Waals surface area contributed by atoms with Crippen LogP contribution in [-0.2, 0) is 4.74 Å². The van der Waals surface area contributed by atoms with E-state index in [9.17, 15) is 0 Å². The van der Waals surface area contributed by atoms with Crippen LogP contribution >= 0.6 is 19.7 Å². The van der Waals surface area contributed by atoms with Crippen LogP contribution in [0.1, 0.15) is 6.42 Å². The Hall–Kier alpha value is 0.580. The summed E-state index contributed by atoms with van der Waals surface area (Å²) < 4.78 is 4.89. The van der Waals surface area contributed by atoms with E-state index in [0.29, 0.717) is 12.2 Å². The first-order valence-corrected chi connectivity index (χ1v) is 6.76. The molecule has 0 rings (SSSR count). The van der Waals surface area contributed by atoms with Gasteiger partial charge >= 0.3 is 7.94 Å². The first-order valence-electron chi connectivity index (χ1n) is 3.77. The lowest BCUT2D eigenvalue weighted by Gasteiger charge is -2.11. The van der Waals surface area contributed by atoms with Crippen molar-refractivity contribution in [1.29, 1.82) is 0 Å². The van der Waals surface area contributed by atoms with Crippen molar-refractivity contribution >= 4 is 19.7 Å². The minimum absolute atomic E-state index is 0.0469. The smallest absolute Gasteiger partial charge is 0.394 e. The summed E-state index contributed by atoms with van der Waals surface area (Å²) >= 11 is 1.23. The molecule has 7 heteroatoms. The van der Waals surface area contributed by atoms with Gasteiger partial charge in [0.25, 0.3) is 0 Å². The van der Waals surface area contributed by atoms with Crippen LogP contribution in [0.3, 0.4) is 0 Å². The minimum atomic E-state index is -3.63. The predicted molar refractivity (Wildman–Crippen MR) is 53.4 cm³/mol. The van der Waals surface area contributed by atoms with Gasteiger partial charge in [0.05, 0.1) is 12.7 Å². The van der Waals surface area contributed by atoms with E-state index >= 15 is 0 Å². The normalized spacial score (nSPS) is 14.5. The summed E-state index contributed by atoms with van der Waals surface area (Å²) in [6, 6.07) is 0. The number of methoxy groups -OCH3 is 1. The third kappa shape index (κ3) is 8.90. The molecule has 0 aromatic carbocycles. The van der Waals surface area contributed by atoms with Crippen LogP contribution in [0.25, 0.3) is 0 Å². The summed E-state index contributed by atoms with van der Waals surface area (Å²) in [4.78, 5) is 25.9. The Morgan fingerprint density at radius 3 is 2.38 bits per heavy atom. The zero-order valence-corrected chi connectivity index (χ0v) is 9.17. The Labute approximate surface area is 82.3 Å². The first-order chi connectivity index (χ1) is 5.99. The summed E-state index contributed by atoms with van der Waals surface area (Å²) in [6.07, 6.45) is 0.411. The van der Waals surface area contributed by atoms with Gasteiger partial charge in [0.2, 0.25) is 0 Å². The zero-order valence-electron chi connectivity index (χ0n) is 7.46. The molecule has 0 saturated carbocycles. The lowest BCUT2D eigenvalue weighted by atomic mass is 10.3. The fraction of sp³-hybridized carbons (Fsp3) is 1.00. The van der Waals surface area contributed by atoms with Crippen molar-refractivity contribution < 1.29 is 24.5 Å². The van der Waals surface area contributed by atoms with Gasteiger partial charge in [-0.25, -0.2) is 0 Å². The van der Waals surface area contributed by atoms with E-state index < -0.39 is 7.94 Å². The minimum Gasteiger partial charge on any atom is -0.394 e. The van der Waals surface area contributed by atoms with Crippen LogP contribution in [0, 0.1) is 0 Å². The monoisotopic (exact) mass is 231 g/mol. The Balaban J connectivity index is 3.34. The number of ether oxygens (including phenoxy) is 1. The fourth-order valence-corrected chi connectivity index (χ4v) is 2.61. The summed E-state index contributed by atoms with van der Waals surface area (Å²) in [5, 5.41) is 8.71. The quantitative estimate of drug-likeness (QED) is 0.359. The highest BCUT2D eigenvalue weighted by Gasteiger charge is 2.28. The van der Waals surface area contributed by atoms with Crippen LogP contribution in [0.5, 0.6) is 0 Å². The van der Waals surface area contributed by atoms with Gasteiger partial charge in [0.15, 0.2) is 5.49 Å². The largest absolute Gasteiger partial charge is 0.414 e. The van der Waals surface area contributed by atoms with Gasteiger partial charge in [-0.15, -0.1) is 11.8 Å². The molecule has 0 aliphatic carbocycles. The maximum atomic E-state index is 8.71. The molecule has 0 bridgehead atoms. The number of hydrogen-bond donors (Lipinski definition) is 4. The molecular formula is C6H16O5PS+. The Morgan fingerprint density at radius 2 is 2.00 bits per heavy atom. The van der Waals surface area contributed by atoms with Crippen molar-refractivity contribution in [1.82, 2.24) is 0 Å². The molecule has 0 aliphatic heterocycles. The van der Waals surface area contributed by atoms with Gasteiger partial charge in [-0.3, -0.25) is 0 Å². The van der Waals surface area contributed by atoms with Gasteiger partial charge in [-0.1, -0.05) is 0 Å². The standard InChI is InChI=1S/C6H16O5PS/c1-11-6(4-7)2-3-13-5-12(8,9)10/h6-10H,2-5H2,1H3/q+1. The highest BCUT2D eigenvalue weighted by Crippen LogP contribution is 2.47. The predicted octanol–water partition coefficient (Wildman–Crippen LogP) is -0.186. The molecule has 0 aliphatic rings. The molecule has 1 unspecified atom stereocenters. The molecule has 0 aromatic heterocycles. The molecule has 0 radical (unpaired) electrons. The molecule has 5 nitrogen and oxygen atoms in total. The molecule has 0 aromatic rings. The van der Waals surface area contributed by atoms with Gasteiger partial charge in [0.1, 0.15) is 0 Å². The molecule has 0 fully saturated rings. The lowest BCUT2D eigenvalue weighted by Crippen LogP contribution is -2.16. The Bertz CT molecular complexity index is 125. The molecule has 0 heterocycles. The topological polar surface area (TPSA) is 90.2 Å². The fourth-order valence-electron chi connectivity index (χ4n) is 0.685. The van der Waals surface area contributed by atoms with Crippen molar-refractivity contribution in [2.75, 3.05) is 25.0 Å². The van der Waals surface area contributed by atoms with Crippen LogP contribution < -0.4 is 0 Å². The zero-order chi connectivity index (χ0) is 10.3. The average molecular weight is 231 g/mol. The summed E-state index contributed by atoms with van der Waals surface area (Å²) in [5.74, 6) is 0.614. The molecule has 80 valence electrons. The number of thioether (sulfide) groups is 1. The van der Waals surface area contributed by atoms with E-state index in [2.05, 4.69) is 0 Å². The molecule has 0 saturated heterocycles. The van der Waals surface area contributed by atoms with Crippen LogP contribution in [0.4, 0.5) is 0 Å². The number of aliphatic hydroxyl groups is 1. The van der Waals surface area contributed by atoms with E-state index in [0.717, 1.165) is 0 Å². The first kappa shape index (κ1) is 13.6. The summed E-state index contributed by atoms with van der Waals surface area (Å²) in [6.45, 7) is -0.0469. The second-order valence-corrected chi connectivity index (χ2v) is 5.79. The molecule has 0 spiro atoms. The van der Waals surface area contributed by atoms with Crippen molar-refractivity contribution in [2.24, 2.45) is 0 Å². The second-order valence-electron chi connectivity index (χ2n) is 2.56. The van der Waals surface area contributed by atoms with Gasteiger partial charge < -0.3 is 9.84 Å². The molecule has 0 amide bonds. The molecular weight excluding hydrogens is 215 g/mol. The van der Waals surface area contributed by atoms with Crippen molar-refractivity contribution in [3.05, 3.63) is 0 Å². The van der Waals surface area contributed by atoms with Crippen molar-refractivity contribution in [2.45, 2.75) is 12.5 Å². The van der Waals surface area contributed by atoms with Gasteiger partial charge in [-0.05, 0) is 12.2 Å². The summed E-state index contributed by atoms with van der Waals surface area (Å²) in [7, 11) is -2.13. The number of rotatable bonds is 7. The van der Waals surface area contributed by atoms with Crippen LogP contribution in [0.2, 0.25) is 0 Å². The molecule has 1 atom stereocenters. The second kappa shape index (κ2) is 6.95. The molecule has 4 N–H and O–H groups in total. The van der Waals surface area contributed by atoms with Gasteiger partial charge in [0, 0.05) is 7.11 Å². The SMILES string of the molecule is COC(CO)CCSC[P+](O)(O)O. The maximum absolute atomic E-state index is 8.71. The van der Waals surface area contributed by atoms with Crippen molar-refractivity contribution in [3.63, 3.8) is 0 Å². The summed E-state index contributed by atoms with van der Waals surface area (Å²) in [5.41, 5.74) is -0.0607. The molecule has 13 heavy (non-hydrogen) atoms. The van der Waals surface area contributed by atoms with E-state index in [-0.39, 0.29) is 18.2 Å². The third-order valence-electron chi connectivity index (χ3n) is 1.39.